The Balaban J connectivity index is 0.834. The Labute approximate surface area is 341 Å². The molecule has 8 rings (SSSR count). The van der Waals surface area contributed by atoms with E-state index in [1.807, 2.05) is 6.92 Å². The summed E-state index contributed by atoms with van der Waals surface area (Å²) in [6.07, 6.45) is -2.18. The highest BCUT2D eigenvalue weighted by atomic mass is 16.7. The molecule has 5 N–H and O–H groups in total. The first-order valence-corrected chi connectivity index (χ1v) is 21.8. The van der Waals surface area contributed by atoms with E-state index in [9.17, 15) is 35.1 Å². The minimum absolute atomic E-state index is 0.0659. The second kappa shape index (κ2) is 16.2. The van der Waals surface area contributed by atoms with Gasteiger partial charge in [-0.3, -0.25) is 4.79 Å². The number of hydrogen-bond donors (Lipinski definition) is 5. The molecule has 8 aliphatic rings. The summed E-state index contributed by atoms with van der Waals surface area (Å²) in [6, 6.07) is 0. The van der Waals surface area contributed by atoms with Crippen molar-refractivity contribution in [3.05, 3.63) is 11.6 Å². The number of ether oxygens (including phenoxy) is 8. The summed E-state index contributed by atoms with van der Waals surface area (Å²) in [4.78, 5) is 23.5. The van der Waals surface area contributed by atoms with Crippen LogP contribution in [0.5, 0.6) is 0 Å². The molecule has 0 aromatic rings. The van der Waals surface area contributed by atoms with E-state index in [1.54, 1.807) is 19.9 Å². The van der Waals surface area contributed by atoms with Crippen molar-refractivity contribution in [3.63, 3.8) is 0 Å². The van der Waals surface area contributed by atoms with Gasteiger partial charge in [-0.15, -0.1) is 0 Å². The van der Waals surface area contributed by atoms with Crippen molar-refractivity contribution in [1.82, 2.24) is 0 Å². The lowest BCUT2D eigenvalue weighted by atomic mass is 9.42. The summed E-state index contributed by atoms with van der Waals surface area (Å²) >= 11 is 0. The highest BCUT2D eigenvalue weighted by Gasteiger charge is 2.69. The summed E-state index contributed by atoms with van der Waals surface area (Å²) in [7, 11) is 0. The van der Waals surface area contributed by atoms with Gasteiger partial charge < -0.3 is 63.4 Å². The fourth-order valence-electron chi connectivity index (χ4n) is 13.1. The van der Waals surface area contributed by atoms with Crippen LogP contribution in [0.1, 0.15) is 112 Å². The molecule has 21 atom stereocenters. The third kappa shape index (κ3) is 7.49. The van der Waals surface area contributed by atoms with Crippen molar-refractivity contribution in [2.24, 2.45) is 34.5 Å². The molecule has 328 valence electrons. The van der Waals surface area contributed by atoms with Crippen LogP contribution in [0.3, 0.4) is 0 Å². The Morgan fingerprint density at radius 1 is 0.759 bits per heavy atom. The number of aliphatic hydroxyl groups is 5. The predicted molar refractivity (Wildman–Crippen MR) is 202 cm³/mol. The van der Waals surface area contributed by atoms with Crippen LogP contribution in [0.25, 0.3) is 0 Å². The molecule has 0 aromatic heterocycles. The molecule has 15 heteroatoms. The number of esters is 2. The van der Waals surface area contributed by atoms with Crippen LogP contribution in [-0.2, 0) is 47.5 Å². The number of carbonyl (C=O) groups excluding carboxylic acids is 2. The second-order valence-corrected chi connectivity index (χ2v) is 19.4. The average Bonchev–Trinajstić information content (AvgIpc) is 3.69. The van der Waals surface area contributed by atoms with Gasteiger partial charge in [0.15, 0.2) is 18.9 Å². The Bertz CT molecular complexity index is 1530. The van der Waals surface area contributed by atoms with Gasteiger partial charge in [-0.2, -0.15) is 0 Å². The summed E-state index contributed by atoms with van der Waals surface area (Å²) in [5.74, 6) is -0.246. The van der Waals surface area contributed by atoms with Crippen LogP contribution in [0.15, 0.2) is 11.6 Å². The van der Waals surface area contributed by atoms with Gasteiger partial charge in [0.2, 0.25) is 0 Å². The first kappa shape index (κ1) is 42.9. The Hall–Kier alpha value is -1.76. The third-order valence-corrected chi connectivity index (χ3v) is 16.3. The summed E-state index contributed by atoms with van der Waals surface area (Å²) in [5, 5.41) is 57.4. The number of rotatable bonds is 8. The minimum Gasteiger partial charge on any atom is -0.459 e. The zero-order valence-electron chi connectivity index (χ0n) is 34.8. The fraction of sp³-hybridized carbons (Fsp3) is 0.907. The number of aliphatic hydroxyl groups excluding tert-OH is 4. The van der Waals surface area contributed by atoms with E-state index >= 15 is 0 Å². The zero-order chi connectivity index (χ0) is 41.5. The van der Waals surface area contributed by atoms with Gasteiger partial charge in [-0.25, -0.2) is 4.79 Å². The molecule has 0 amide bonds. The van der Waals surface area contributed by atoms with E-state index in [0.29, 0.717) is 19.4 Å². The molecule has 0 radical (unpaired) electrons. The number of hydrogen-bond acceptors (Lipinski definition) is 15. The molecule has 4 heterocycles. The highest BCUT2D eigenvalue weighted by Crippen LogP contribution is 2.70. The molecule has 9 unspecified atom stereocenters. The Morgan fingerprint density at radius 2 is 1.38 bits per heavy atom. The summed E-state index contributed by atoms with van der Waals surface area (Å²) in [5.41, 5.74) is -0.565. The SMILES string of the molecule is CC(=O)O[C@H]1C[C@H](O[C@H]2[C@@H](O)C[C@H](O[C@H]3[C@@H](O)C[C@@H](OC4CC(O)C5(C)C(CCC6C5CCC5(C)C(C7=CC(=O)OC7)CCC65O)C4)O[C@@H]3C)O[C@@H]2C)O[C@H](C)[C@H]1O. The molecule has 0 aromatic carbocycles. The van der Waals surface area contributed by atoms with E-state index in [0.717, 1.165) is 44.1 Å². The highest BCUT2D eigenvalue weighted by molar-refractivity contribution is 5.85. The minimum atomic E-state index is -1.00. The van der Waals surface area contributed by atoms with E-state index in [2.05, 4.69) is 13.8 Å². The normalized spacial score (nSPS) is 53.2. The van der Waals surface area contributed by atoms with Gasteiger partial charge in [0.25, 0.3) is 0 Å². The molecule has 7 fully saturated rings. The Kier molecular flexibility index (Phi) is 12.0. The standard InChI is InChI=1S/C43H66O15/c1-20-38(49)32(55-23(4)44)18-37(52-20)58-40-22(3)54-36(17-31(40)46)57-39-21(2)53-35(16-30(39)45)56-26-14-25-7-8-29-28(42(25,6)33(47)15-26)9-11-41(5)27(10-12-43(29,41)50)24-13-34(48)51-19-24/h13,20-22,25-33,35-40,45-47,49-50H,7-12,14-19H2,1-6H3/t20-,21-,22-,25?,26?,27?,28?,29?,30+,31+,32+,33?,35-,36+,37+,38-,39-,40-,41?,42?,43?/m1/s1. The van der Waals surface area contributed by atoms with Crippen LogP contribution >= 0.6 is 0 Å². The first-order chi connectivity index (χ1) is 27.4. The van der Waals surface area contributed by atoms with Gasteiger partial charge in [0.05, 0.1) is 48.3 Å². The molecule has 0 bridgehead atoms. The zero-order valence-corrected chi connectivity index (χ0v) is 34.8. The van der Waals surface area contributed by atoms with Crippen LogP contribution in [-0.4, -0.2) is 136 Å². The van der Waals surface area contributed by atoms with Crippen molar-refractivity contribution in [2.75, 3.05) is 6.61 Å². The van der Waals surface area contributed by atoms with Crippen LogP contribution < -0.4 is 0 Å². The molecular formula is C43H66O15. The average molecular weight is 823 g/mol. The smallest absolute Gasteiger partial charge is 0.331 e. The van der Waals surface area contributed by atoms with Crippen molar-refractivity contribution in [1.29, 1.82) is 0 Å². The van der Waals surface area contributed by atoms with Crippen molar-refractivity contribution >= 4 is 11.9 Å². The van der Waals surface area contributed by atoms with Crippen molar-refractivity contribution in [3.8, 4) is 0 Å². The summed E-state index contributed by atoms with van der Waals surface area (Å²) < 4.78 is 47.6. The molecular weight excluding hydrogens is 756 g/mol. The lowest BCUT2D eigenvalue weighted by molar-refractivity contribution is -0.337. The Morgan fingerprint density at radius 3 is 1.98 bits per heavy atom. The van der Waals surface area contributed by atoms with Crippen LogP contribution in [0, 0.1) is 34.5 Å². The van der Waals surface area contributed by atoms with E-state index in [1.165, 1.54) is 6.92 Å². The maximum Gasteiger partial charge on any atom is 0.331 e. The summed E-state index contributed by atoms with van der Waals surface area (Å²) in [6.45, 7) is 11.2. The maximum absolute atomic E-state index is 12.6. The topological polar surface area (TPSA) is 209 Å². The molecule has 0 spiro atoms. The van der Waals surface area contributed by atoms with Gasteiger partial charge in [0, 0.05) is 44.1 Å². The molecule has 3 saturated heterocycles. The maximum atomic E-state index is 12.6. The predicted octanol–water partition coefficient (Wildman–Crippen LogP) is 2.79. The lowest BCUT2D eigenvalue weighted by Gasteiger charge is -2.64. The van der Waals surface area contributed by atoms with Gasteiger partial charge in [0.1, 0.15) is 31.0 Å². The van der Waals surface area contributed by atoms with E-state index in [-0.39, 0.29) is 65.8 Å². The van der Waals surface area contributed by atoms with E-state index in [4.69, 9.17) is 37.9 Å². The van der Waals surface area contributed by atoms with Crippen molar-refractivity contribution < 1.29 is 73.0 Å². The van der Waals surface area contributed by atoms with Gasteiger partial charge in [-0.1, -0.05) is 13.8 Å². The first-order valence-electron chi connectivity index (χ1n) is 21.8. The fourth-order valence-corrected chi connectivity index (χ4v) is 13.1. The molecule has 4 saturated carbocycles. The molecule has 15 nitrogen and oxygen atoms in total. The third-order valence-electron chi connectivity index (χ3n) is 16.3. The van der Waals surface area contributed by atoms with Gasteiger partial charge >= 0.3 is 11.9 Å². The van der Waals surface area contributed by atoms with Crippen LogP contribution in [0.4, 0.5) is 0 Å². The van der Waals surface area contributed by atoms with Crippen LogP contribution in [0.2, 0.25) is 0 Å². The number of fused-ring (bicyclic) bond motifs is 5. The van der Waals surface area contributed by atoms with E-state index < -0.39 is 91.5 Å². The quantitative estimate of drug-likeness (QED) is 0.176. The second-order valence-electron chi connectivity index (χ2n) is 19.4. The molecule has 4 aliphatic carbocycles. The monoisotopic (exact) mass is 822 g/mol. The van der Waals surface area contributed by atoms with Crippen molar-refractivity contribution in [2.45, 2.75) is 204 Å². The molecule has 58 heavy (non-hydrogen) atoms. The van der Waals surface area contributed by atoms with Gasteiger partial charge in [-0.05, 0) is 100 Å². The largest absolute Gasteiger partial charge is 0.459 e. The number of cyclic esters (lactones) is 1. The molecule has 4 aliphatic heterocycles. The lowest BCUT2D eigenvalue weighted by Crippen LogP contribution is -2.65. The number of carbonyl (C=O) groups is 2.